The smallest absolute Gasteiger partial charge is 0.248 e. The largest absolute Gasteiger partial charge is 0.497 e. The van der Waals surface area contributed by atoms with E-state index in [1.807, 2.05) is 24.3 Å². The lowest BCUT2D eigenvalue weighted by molar-refractivity contribution is -0.111. The third-order valence-corrected chi connectivity index (χ3v) is 2.96. The first-order chi connectivity index (χ1) is 10.1. The van der Waals surface area contributed by atoms with Gasteiger partial charge >= 0.3 is 0 Å². The number of halogens is 1. The van der Waals surface area contributed by atoms with E-state index in [1.54, 1.807) is 32.2 Å². The molecule has 0 bridgehead atoms. The van der Waals surface area contributed by atoms with Crippen LogP contribution in [0.5, 0.6) is 5.75 Å². The molecule has 0 radical (unpaired) electrons. The molecule has 0 heterocycles. The molecule has 0 atom stereocenters. The van der Waals surface area contributed by atoms with Gasteiger partial charge in [-0.3, -0.25) is 4.79 Å². The number of hydrogen-bond donors (Lipinski definition) is 1. The molecular weight excluding hydrogens is 269 g/mol. The highest BCUT2D eigenvalue weighted by atomic mass is 19.1. The van der Waals surface area contributed by atoms with Crippen LogP contribution in [0.3, 0.4) is 0 Å². The second-order valence-corrected chi connectivity index (χ2v) is 4.56. The summed E-state index contributed by atoms with van der Waals surface area (Å²) in [4.78, 5) is 11.8. The molecule has 1 amide bonds. The quantitative estimate of drug-likeness (QED) is 0.868. The Kier molecular flexibility index (Phi) is 4.72. The van der Waals surface area contributed by atoms with E-state index in [9.17, 15) is 9.18 Å². The molecule has 1 N–H and O–H groups in total. The molecule has 0 aliphatic heterocycles. The highest BCUT2D eigenvalue weighted by molar-refractivity contribution is 6.01. The fraction of sp³-hybridized carbons (Fsp3) is 0.118. The van der Waals surface area contributed by atoms with Gasteiger partial charge in [0.15, 0.2) is 0 Å². The highest BCUT2D eigenvalue weighted by Gasteiger charge is 2.02. The van der Waals surface area contributed by atoms with Crippen molar-refractivity contribution in [1.82, 2.24) is 0 Å². The summed E-state index contributed by atoms with van der Waals surface area (Å²) in [6, 6.07) is 11.9. The molecule has 0 spiro atoms. The van der Waals surface area contributed by atoms with Gasteiger partial charge in [-0.2, -0.15) is 0 Å². The van der Waals surface area contributed by atoms with Crippen molar-refractivity contribution in [2.75, 3.05) is 12.4 Å². The predicted octanol–water partition coefficient (Wildman–Crippen LogP) is 3.79. The van der Waals surface area contributed by atoms with Crippen molar-refractivity contribution in [1.29, 1.82) is 0 Å². The van der Waals surface area contributed by atoms with Crippen LogP contribution in [0.25, 0.3) is 6.08 Å². The minimum atomic E-state index is -0.343. The number of ether oxygens (including phenoxy) is 1. The normalized spacial score (nSPS) is 10.6. The molecule has 0 aliphatic rings. The van der Waals surface area contributed by atoms with Crippen LogP contribution in [0.1, 0.15) is 11.1 Å². The molecule has 3 nitrogen and oxygen atoms in total. The molecule has 2 aromatic carbocycles. The summed E-state index contributed by atoms with van der Waals surface area (Å²) in [5.41, 5.74) is 1.82. The number of methoxy groups -OCH3 is 1. The molecule has 0 aliphatic carbocycles. The number of carbonyl (C=O) groups excluding carboxylic acids is 1. The monoisotopic (exact) mass is 285 g/mol. The fourth-order valence-corrected chi connectivity index (χ4v) is 1.77. The number of benzene rings is 2. The number of hydrogen-bond acceptors (Lipinski definition) is 2. The Balaban J connectivity index is 2.03. The molecule has 0 fully saturated rings. The number of amides is 1. The first-order valence-corrected chi connectivity index (χ1v) is 6.48. The topological polar surface area (TPSA) is 38.3 Å². The van der Waals surface area contributed by atoms with Crippen molar-refractivity contribution in [3.63, 3.8) is 0 Å². The van der Waals surface area contributed by atoms with Crippen LogP contribution in [0.4, 0.5) is 10.1 Å². The van der Waals surface area contributed by atoms with Gasteiger partial charge < -0.3 is 10.1 Å². The Hall–Kier alpha value is -2.62. The number of carbonyl (C=O) groups is 1. The average Bonchev–Trinajstić information content (AvgIpc) is 2.49. The number of aryl methyl sites for hydroxylation is 1. The Morgan fingerprint density at radius 1 is 1.24 bits per heavy atom. The van der Waals surface area contributed by atoms with Crippen LogP contribution in [-0.4, -0.2) is 13.0 Å². The first-order valence-electron chi connectivity index (χ1n) is 6.48. The summed E-state index contributed by atoms with van der Waals surface area (Å²) in [6.45, 7) is 1.67. The summed E-state index contributed by atoms with van der Waals surface area (Å²) in [7, 11) is 1.58. The third-order valence-electron chi connectivity index (χ3n) is 2.96. The minimum Gasteiger partial charge on any atom is -0.497 e. The SMILES string of the molecule is COc1cccc(C=CC(=O)Nc2ccc(C)c(F)c2)c1. The van der Waals surface area contributed by atoms with Crippen molar-refractivity contribution in [2.24, 2.45) is 0 Å². The van der Waals surface area contributed by atoms with E-state index < -0.39 is 0 Å². The van der Waals surface area contributed by atoms with E-state index in [4.69, 9.17) is 4.74 Å². The van der Waals surface area contributed by atoms with Gasteiger partial charge in [-0.15, -0.1) is 0 Å². The van der Waals surface area contributed by atoms with Crippen LogP contribution >= 0.6 is 0 Å². The lowest BCUT2D eigenvalue weighted by atomic mass is 10.2. The van der Waals surface area contributed by atoms with E-state index in [1.165, 1.54) is 12.1 Å². The van der Waals surface area contributed by atoms with Crippen molar-refractivity contribution >= 4 is 17.7 Å². The lowest BCUT2D eigenvalue weighted by Crippen LogP contribution is -2.08. The Labute approximate surface area is 123 Å². The molecule has 2 rings (SSSR count). The van der Waals surface area contributed by atoms with E-state index in [-0.39, 0.29) is 11.7 Å². The van der Waals surface area contributed by atoms with Crippen LogP contribution in [0.2, 0.25) is 0 Å². The highest BCUT2D eigenvalue weighted by Crippen LogP contribution is 2.15. The lowest BCUT2D eigenvalue weighted by Gasteiger charge is -2.04. The number of anilines is 1. The maximum atomic E-state index is 13.4. The van der Waals surface area contributed by atoms with Crippen LogP contribution in [0, 0.1) is 12.7 Å². The standard InChI is InChI=1S/C17H16FNO2/c1-12-6-8-14(11-16(12)18)19-17(20)9-7-13-4-3-5-15(10-13)21-2/h3-11H,1-2H3,(H,19,20). The molecule has 4 heteroatoms. The zero-order chi connectivity index (χ0) is 15.2. The summed E-state index contributed by atoms with van der Waals surface area (Å²) >= 11 is 0. The maximum Gasteiger partial charge on any atom is 0.248 e. The van der Waals surface area contributed by atoms with Gasteiger partial charge in [-0.25, -0.2) is 4.39 Å². The summed E-state index contributed by atoms with van der Waals surface area (Å²) in [5, 5.41) is 2.61. The van der Waals surface area contributed by atoms with E-state index in [0.29, 0.717) is 11.3 Å². The zero-order valence-corrected chi connectivity index (χ0v) is 11.9. The summed E-state index contributed by atoms with van der Waals surface area (Å²) < 4.78 is 18.5. The van der Waals surface area contributed by atoms with Gasteiger partial charge in [-0.05, 0) is 48.4 Å². The Morgan fingerprint density at radius 3 is 2.76 bits per heavy atom. The number of nitrogens with one attached hydrogen (secondary N) is 1. The van der Waals surface area contributed by atoms with Gasteiger partial charge in [0.1, 0.15) is 11.6 Å². The minimum absolute atomic E-state index is 0.318. The Bertz CT molecular complexity index is 680. The van der Waals surface area contributed by atoms with E-state index in [0.717, 1.165) is 11.3 Å². The van der Waals surface area contributed by atoms with Gasteiger partial charge in [0.2, 0.25) is 5.91 Å². The van der Waals surface area contributed by atoms with Crippen LogP contribution in [-0.2, 0) is 4.79 Å². The molecule has 0 aromatic heterocycles. The second kappa shape index (κ2) is 6.70. The van der Waals surface area contributed by atoms with Crippen LogP contribution in [0.15, 0.2) is 48.5 Å². The zero-order valence-electron chi connectivity index (χ0n) is 11.9. The van der Waals surface area contributed by atoms with E-state index >= 15 is 0 Å². The fourth-order valence-electron chi connectivity index (χ4n) is 1.77. The molecule has 21 heavy (non-hydrogen) atoms. The predicted molar refractivity (Wildman–Crippen MR) is 81.8 cm³/mol. The third kappa shape index (κ3) is 4.18. The van der Waals surface area contributed by atoms with Crippen molar-refractivity contribution < 1.29 is 13.9 Å². The van der Waals surface area contributed by atoms with Gasteiger partial charge in [0.25, 0.3) is 0 Å². The summed E-state index contributed by atoms with van der Waals surface area (Å²) in [6.07, 6.45) is 3.06. The first kappa shape index (κ1) is 14.8. The summed E-state index contributed by atoms with van der Waals surface area (Å²) in [5.74, 6) is 0.0591. The van der Waals surface area contributed by atoms with Crippen molar-refractivity contribution in [3.05, 3.63) is 65.5 Å². The number of rotatable bonds is 4. The Morgan fingerprint density at radius 2 is 2.05 bits per heavy atom. The maximum absolute atomic E-state index is 13.4. The van der Waals surface area contributed by atoms with Gasteiger partial charge in [0, 0.05) is 11.8 Å². The molecule has 0 saturated heterocycles. The van der Waals surface area contributed by atoms with Crippen molar-refractivity contribution in [2.45, 2.75) is 6.92 Å². The van der Waals surface area contributed by atoms with Gasteiger partial charge in [-0.1, -0.05) is 18.2 Å². The molecule has 0 unspecified atom stereocenters. The van der Waals surface area contributed by atoms with Crippen LogP contribution < -0.4 is 10.1 Å². The molecule has 108 valence electrons. The van der Waals surface area contributed by atoms with E-state index in [2.05, 4.69) is 5.32 Å². The van der Waals surface area contributed by atoms with Gasteiger partial charge in [0.05, 0.1) is 7.11 Å². The average molecular weight is 285 g/mol. The second-order valence-electron chi connectivity index (χ2n) is 4.56. The molecule has 2 aromatic rings. The molecule has 0 saturated carbocycles. The molecular formula is C17H16FNO2. The van der Waals surface area contributed by atoms with Crippen molar-refractivity contribution in [3.8, 4) is 5.75 Å².